The van der Waals surface area contributed by atoms with Crippen molar-refractivity contribution in [1.82, 2.24) is 19.7 Å². The molecular formula is C15H22N4OS. The number of thiazole rings is 1. The van der Waals surface area contributed by atoms with Gasteiger partial charge < -0.3 is 4.74 Å². The number of hydrogen-bond donors (Lipinski definition) is 0. The summed E-state index contributed by atoms with van der Waals surface area (Å²) in [5.41, 5.74) is 5.74. The van der Waals surface area contributed by atoms with E-state index in [-0.39, 0.29) is 6.04 Å². The topological polar surface area (TPSA) is 43.2 Å². The van der Waals surface area contributed by atoms with Gasteiger partial charge in [-0.15, -0.1) is 11.3 Å². The lowest BCUT2D eigenvalue weighted by Crippen LogP contribution is -2.38. The summed E-state index contributed by atoms with van der Waals surface area (Å²) in [6, 6.07) is 0.280. The van der Waals surface area contributed by atoms with Crippen LogP contribution in [0.5, 0.6) is 0 Å². The Hall–Kier alpha value is -1.24. The number of rotatable bonds is 5. The summed E-state index contributed by atoms with van der Waals surface area (Å²) in [6.07, 6.45) is 3.06. The lowest BCUT2D eigenvalue weighted by molar-refractivity contribution is 0.0522. The van der Waals surface area contributed by atoms with Gasteiger partial charge in [-0.1, -0.05) is 0 Å². The molecule has 5 nitrogen and oxygen atoms in total. The molecular weight excluding hydrogens is 284 g/mol. The molecule has 21 heavy (non-hydrogen) atoms. The predicted molar refractivity (Wildman–Crippen MR) is 83.4 cm³/mol. The van der Waals surface area contributed by atoms with Crippen molar-refractivity contribution < 1.29 is 4.74 Å². The van der Waals surface area contributed by atoms with Crippen molar-refractivity contribution in [2.45, 2.75) is 32.9 Å². The van der Waals surface area contributed by atoms with Gasteiger partial charge in [-0.2, -0.15) is 5.10 Å². The molecule has 0 aromatic carbocycles. The molecule has 0 saturated heterocycles. The average molecular weight is 306 g/mol. The normalized spacial score (nSPS) is 18.9. The summed E-state index contributed by atoms with van der Waals surface area (Å²) in [7, 11) is 2.03. The summed E-state index contributed by atoms with van der Waals surface area (Å²) in [5.74, 6) is 0. The van der Waals surface area contributed by atoms with E-state index in [9.17, 15) is 0 Å². The first-order valence-electron chi connectivity index (χ1n) is 7.42. The van der Waals surface area contributed by atoms with E-state index < -0.39 is 0 Å². The molecule has 0 bridgehead atoms. The van der Waals surface area contributed by atoms with Crippen molar-refractivity contribution in [3.63, 3.8) is 0 Å². The molecule has 0 aliphatic carbocycles. The molecule has 2 aromatic rings. The van der Waals surface area contributed by atoms with Crippen LogP contribution in [-0.4, -0.2) is 39.4 Å². The van der Waals surface area contributed by atoms with Crippen molar-refractivity contribution in [3.8, 4) is 0 Å². The molecule has 1 aliphatic rings. The number of hydrogen-bond acceptors (Lipinski definition) is 5. The molecule has 6 heteroatoms. The predicted octanol–water partition coefficient (Wildman–Crippen LogP) is 2.32. The minimum atomic E-state index is 0.280. The highest BCUT2D eigenvalue weighted by molar-refractivity contribution is 7.09. The van der Waals surface area contributed by atoms with Crippen LogP contribution in [-0.2, 0) is 24.8 Å². The van der Waals surface area contributed by atoms with E-state index in [1.54, 1.807) is 11.3 Å². The Morgan fingerprint density at radius 1 is 1.48 bits per heavy atom. The summed E-state index contributed by atoms with van der Waals surface area (Å²) in [6.45, 7) is 7.60. The van der Waals surface area contributed by atoms with Crippen LogP contribution in [0.25, 0.3) is 0 Å². The van der Waals surface area contributed by atoms with Gasteiger partial charge in [-0.05, 0) is 25.8 Å². The maximum absolute atomic E-state index is 5.74. The summed E-state index contributed by atoms with van der Waals surface area (Å²) < 4.78 is 7.74. The third-order valence-corrected chi connectivity index (χ3v) is 5.08. The summed E-state index contributed by atoms with van der Waals surface area (Å²) in [4.78, 5) is 8.21. The van der Waals surface area contributed by atoms with E-state index in [2.05, 4.69) is 21.9 Å². The average Bonchev–Trinajstić information content (AvgIpc) is 3.05. The Kier molecular flexibility index (Phi) is 4.37. The number of aromatic nitrogens is 3. The lowest BCUT2D eigenvalue weighted by atomic mass is 10.00. The Morgan fingerprint density at radius 3 is 3.05 bits per heavy atom. The second kappa shape index (κ2) is 6.25. The Morgan fingerprint density at radius 2 is 2.33 bits per heavy atom. The van der Waals surface area contributed by atoms with Gasteiger partial charge in [0.15, 0.2) is 0 Å². The van der Waals surface area contributed by atoms with Gasteiger partial charge in [0.1, 0.15) is 0 Å². The number of aryl methyl sites for hydroxylation is 2. The van der Waals surface area contributed by atoms with E-state index in [4.69, 9.17) is 4.74 Å². The van der Waals surface area contributed by atoms with Crippen LogP contribution in [0.4, 0.5) is 0 Å². The molecule has 3 heterocycles. The van der Waals surface area contributed by atoms with Crippen LogP contribution in [0, 0.1) is 6.92 Å². The first kappa shape index (κ1) is 14.7. The second-order valence-corrected chi connectivity index (χ2v) is 6.37. The molecule has 1 atom stereocenters. The zero-order valence-corrected chi connectivity index (χ0v) is 13.7. The number of fused-ring (bicyclic) bond motifs is 1. The van der Waals surface area contributed by atoms with E-state index in [0.29, 0.717) is 0 Å². The SMILES string of the molecule is CCOC[C@H]1c2c(cnn2C)CCN1Cc1scnc1C. The first-order chi connectivity index (χ1) is 10.2. The van der Waals surface area contributed by atoms with E-state index in [0.717, 1.165) is 38.4 Å². The van der Waals surface area contributed by atoms with Crippen molar-refractivity contribution in [1.29, 1.82) is 0 Å². The summed E-state index contributed by atoms with van der Waals surface area (Å²) in [5, 5.41) is 4.43. The minimum absolute atomic E-state index is 0.280. The van der Waals surface area contributed by atoms with Gasteiger partial charge in [0.05, 0.1) is 35.7 Å². The molecule has 0 amide bonds. The summed E-state index contributed by atoms with van der Waals surface area (Å²) >= 11 is 1.74. The van der Waals surface area contributed by atoms with Crippen molar-refractivity contribution >= 4 is 11.3 Å². The van der Waals surface area contributed by atoms with Gasteiger partial charge >= 0.3 is 0 Å². The van der Waals surface area contributed by atoms with Crippen LogP contribution in [0.2, 0.25) is 0 Å². The van der Waals surface area contributed by atoms with Crippen LogP contribution >= 0.6 is 11.3 Å². The standard InChI is InChI=1S/C15H22N4OS/c1-4-20-9-13-15-12(7-17-18(15)3)5-6-19(13)8-14-11(2)16-10-21-14/h7,10,13H,4-6,8-9H2,1-3H3/t13-/m0/s1. The van der Waals surface area contributed by atoms with E-state index in [1.165, 1.54) is 16.1 Å². The zero-order chi connectivity index (χ0) is 14.8. The van der Waals surface area contributed by atoms with Crippen LogP contribution in [0.15, 0.2) is 11.7 Å². The molecule has 114 valence electrons. The van der Waals surface area contributed by atoms with Gasteiger partial charge in [0.2, 0.25) is 0 Å². The first-order valence-corrected chi connectivity index (χ1v) is 8.30. The highest BCUT2D eigenvalue weighted by Gasteiger charge is 2.31. The fourth-order valence-corrected chi connectivity index (χ4v) is 3.77. The van der Waals surface area contributed by atoms with E-state index >= 15 is 0 Å². The fourth-order valence-electron chi connectivity index (χ4n) is 2.97. The highest BCUT2D eigenvalue weighted by atomic mass is 32.1. The molecule has 0 saturated carbocycles. The Balaban J connectivity index is 1.85. The van der Waals surface area contributed by atoms with Crippen LogP contribution < -0.4 is 0 Å². The monoisotopic (exact) mass is 306 g/mol. The van der Waals surface area contributed by atoms with Gasteiger partial charge in [0, 0.05) is 31.6 Å². The molecule has 1 aliphatic heterocycles. The van der Waals surface area contributed by atoms with Gasteiger partial charge in [0.25, 0.3) is 0 Å². The zero-order valence-electron chi connectivity index (χ0n) is 12.9. The molecule has 0 fully saturated rings. The molecule has 0 radical (unpaired) electrons. The smallest absolute Gasteiger partial charge is 0.0798 e. The minimum Gasteiger partial charge on any atom is -0.380 e. The third-order valence-electron chi connectivity index (χ3n) is 4.16. The number of nitrogens with zero attached hydrogens (tertiary/aromatic N) is 4. The van der Waals surface area contributed by atoms with Crippen molar-refractivity contribution in [2.75, 3.05) is 19.8 Å². The van der Waals surface area contributed by atoms with Gasteiger partial charge in [-0.3, -0.25) is 9.58 Å². The lowest BCUT2D eigenvalue weighted by Gasteiger charge is -2.35. The molecule has 0 N–H and O–H groups in total. The largest absolute Gasteiger partial charge is 0.380 e. The molecule has 3 rings (SSSR count). The van der Waals surface area contributed by atoms with Crippen LogP contribution in [0.1, 0.15) is 34.8 Å². The maximum atomic E-state index is 5.74. The molecule has 0 spiro atoms. The van der Waals surface area contributed by atoms with Crippen LogP contribution in [0.3, 0.4) is 0 Å². The van der Waals surface area contributed by atoms with Gasteiger partial charge in [-0.25, -0.2) is 4.98 Å². The number of ether oxygens (including phenoxy) is 1. The Bertz CT molecular complexity index is 607. The van der Waals surface area contributed by atoms with Crippen molar-refractivity contribution in [2.24, 2.45) is 7.05 Å². The van der Waals surface area contributed by atoms with E-state index in [1.807, 2.05) is 30.4 Å². The molecule has 2 aromatic heterocycles. The maximum Gasteiger partial charge on any atom is 0.0798 e. The fraction of sp³-hybridized carbons (Fsp3) is 0.600. The Labute approximate surface area is 129 Å². The quantitative estimate of drug-likeness (QED) is 0.850. The molecule has 0 unspecified atom stereocenters. The second-order valence-electron chi connectivity index (χ2n) is 5.44. The highest BCUT2D eigenvalue weighted by Crippen LogP contribution is 2.31. The van der Waals surface area contributed by atoms with Crippen molar-refractivity contribution in [3.05, 3.63) is 33.5 Å². The third kappa shape index (κ3) is 2.88.